The summed E-state index contributed by atoms with van der Waals surface area (Å²) < 4.78 is 5.12. The van der Waals surface area contributed by atoms with Crippen molar-refractivity contribution in [2.45, 2.75) is 0 Å². The molecule has 6 heteroatoms. The van der Waals surface area contributed by atoms with Crippen molar-refractivity contribution < 1.29 is 4.42 Å². The van der Waals surface area contributed by atoms with Gasteiger partial charge in [-0.05, 0) is 29.8 Å². The van der Waals surface area contributed by atoms with Gasteiger partial charge >= 0.3 is 0 Å². The van der Waals surface area contributed by atoms with Gasteiger partial charge in [-0.15, -0.1) is 23.2 Å². The minimum Gasteiger partial charge on any atom is -0.463 e. The average Bonchev–Trinajstić information content (AvgIpc) is 3.05. The molecule has 0 amide bonds. The predicted molar refractivity (Wildman–Crippen MR) is 94.0 cm³/mol. The molecule has 0 spiro atoms. The first-order valence-electron chi connectivity index (χ1n) is 6.90. The van der Waals surface area contributed by atoms with Crippen LogP contribution >= 0.6 is 23.2 Å². The lowest BCUT2D eigenvalue weighted by atomic mass is 10.2. The highest BCUT2D eigenvalue weighted by atomic mass is 35.5. The number of nitrogens with zero attached hydrogens (tertiary/aromatic N) is 3. The van der Waals surface area contributed by atoms with E-state index < -0.39 is 0 Å². The van der Waals surface area contributed by atoms with Crippen LogP contribution in [0.25, 0.3) is 0 Å². The van der Waals surface area contributed by atoms with Crippen LogP contribution < -0.4 is 4.90 Å². The molecule has 0 radical (unpaired) electrons. The summed E-state index contributed by atoms with van der Waals surface area (Å²) in [6.07, 6.45) is 4.85. The van der Waals surface area contributed by atoms with E-state index in [2.05, 4.69) is 15.1 Å². The van der Waals surface area contributed by atoms with Gasteiger partial charge in [0.1, 0.15) is 5.76 Å². The largest absolute Gasteiger partial charge is 0.463 e. The molecule has 0 aliphatic heterocycles. The number of benzene rings is 1. The molecule has 0 aliphatic carbocycles. The molecule has 0 saturated carbocycles. The molecule has 1 heterocycles. The maximum Gasteiger partial charge on any atom is 0.146 e. The topological polar surface area (TPSA) is 41.1 Å². The minimum absolute atomic E-state index is 0.571. The molecule has 0 atom stereocenters. The Morgan fingerprint density at radius 2 is 1.64 bits per heavy atom. The van der Waals surface area contributed by atoms with Gasteiger partial charge in [-0.25, -0.2) is 0 Å². The zero-order chi connectivity index (χ0) is 15.6. The maximum atomic E-state index is 5.81. The molecule has 2 aromatic rings. The second kappa shape index (κ2) is 9.28. The van der Waals surface area contributed by atoms with Crippen molar-refractivity contribution in [2.75, 3.05) is 29.7 Å². The van der Waals surface area contributed by atoms with Crippen molar-refractivity contribution in [1.82, 2.24) is 0 Å². The van der Waals surface area contributed by atoms with Crippen molar-refractivity contribution >= 4 is 41.3 Å². The number of hydrogen-bond donors (Lipinski definition) is 0. The first-order valence-corrected chi connectivity index (χ1v) is 7.97. The van der Waals surface area contributed by atoms with Crippen LogP contribution in [0.15, 0.2) is 57.3 Å². The zero-order valence-electron chi connectivity index (χ0n) is 12.0. The van der Waals surface area contributed by atoms with Crippen LogP contribution in [0.3, 0.4) is 0 Å². The van der Waals surface area contributed by atoms with E-state index in [1.54, 1.807) is 24.8 Å². The molecule has 116 valence electrons. The molecule has 0 bridgehead atoms. The number of rotatable bonds is 8. The van der Waals surface area contributed by atoms with Crippen molar-refractivity contribution in [3.05, 3.63) is 54.0 Å². The van der Waals surface area contributed by atoms with Gasteiger partial charge in [0.15, 0.2) is 0 Å². The van der Waals surface area contributed by atoms with Gasteiger partial charge < -0.3 is 9.32 Å². The summed E-state index contributed by atoms with van der Waals surface area (Å²) in [5.41, 5.74) is 2.06. The second-order valence-electron chi connectivity index (χ2n) is 4.46. The Morgan fingerprint density at radius 3 is 2.23 bits per heavy atom. The van der Waals surface area contributed by atoms with E-state index in [9.17, 15) is 0 Å². The van der Waals surface area contributed by atoms with Crippen molar-refractivity contribution in [3.8, 4) is 0 Å². The van der Waals surface area contributed by atoms with E-state index >= 15 is 0 Å². The summed E-state index contributed by atoms with van der Waals surface area (Å²) in [4.78, 5) is 2.15. The SMILES string of the molecule is ClCCN(CCCl)c1ccc(C=N/N=C/c2ccco2)cc1. The quantitative estimate of drug-likeness (QED) is 0.414. The lowest BCUT2D eigenvalue weighted by Crippen LogP contribution is -2.27. The van der Waals surface area contributed by atoms with E-state index in [0.29, 0.717) is 17.5 Å². The number of furan rings is 1. The molecule has 0 N–H and O–H groups in total. The van der Waals surface area contributed by atoms with Crippen LogP contribution in [0.4, 0.5) is 5.69 Å². The normalized spacial score (nSPS) is 11.5. The number of halogens is 2. The van der Waals surface area contributed by atoms with Crippen molar-refractivity contribution in [3.63, 3.8) is 0 Å². The highest BCUT2D eigenvalue weighted by Crippen LogP contribution is 2.15. The summed E-state index contributed by atoms with van der Waals surface area (Å²) >= 11 is 11.6. The first-order chi connectivity index (χ1) is 10.8. The van der Waals surface area contributed by atoms with E-state index in [1.165, 1.54) is 0 Å². The molecule has 22 heavy (non-hydrogen) atoms. The predicted octanol–water partition coefficient (Wildman–Crippen LogP) is 4.02. The second-order valence-corrected chi connectivity index (χ2v) is 5.22. The summed E-state index contributed by atoms with van der Waals surface area (Å²) in [5, 5.41) is 7.92. The van der Waals surface area contributed by atoms with Gasteiger partial charge in [-0.1, -0.05) is 12.1 Å². The van der Waals surface area contributed by atoms with Gasteiger partial charge in [-0.2, -0.15) is 10.2 Å². The third-order valence-electron chi connectivity index (χ3n) is 2.97. The third-order valence-corrected chi connectivity index (χ3v) is 3.31. The molecule has 2 rings (SSSR count). The standard InChI is InChI=1S/C16H17Cl2N3O/c17-7-9-21(10-8-18)15-5-3-14(4-6-15)12-19-20-13-16-2-1-11-22-16/h1-6,11-13H,7-10H2/b19-12?,20-13+. The van der Waals surface area contributed by atoms with Crippen molar-refractivity contribution in [2.24, 2.45) is 10.2 Å². The maximum absolute atomic E-state index is 5.81. The Kier molecular flexibility index (Phi) is 7.00. The molecule has 0 fully saturated rings. The molecule has 1 aromatic carbocycles. The Morgan fingerprint density at radius 1 is 0.955 bits per heavy atom. The first kappa shape index (κ1) is 16.6. The van der Waals surface area contributed by atoms with Crippen LogP contribution in [0, 0.1) is 0 Å². The van der Waals surface area contributed by atoms with E-state index in [4.69, 9.17) is 27.6 Å². The van der Waals surface area contributed by atoms with Crippen LogP contribution in [0.1, 0.15) is 11.3 Å². The smallest absolute Gasteiger partial charge is 0.146 e. The average molecular weight is 338 g/mol. The van der Waals surface area contributed by atoms with Crippen molar-refractivity contribution in [1.29, 1.82) is 0 Å². The number of anilines is 1. The Hall–Kier alpha value is -1.78. The Bertz CT molecular complexity index is 588. The molecule has 0 unspecified atom stereocenters. The fourth-order valence-electron chi connectivity index (χ4n) is 1.90. The number of alkyl halides is 2. The fourth-order valence-corrected chi connectivity index (χ4v) is 2.31. The zero-order valence-corrected chi connectivity index (χ0v) is 13.5. The van der Waals surface area contributed by atoms with Gasteiger partial charge in [0, 0.05) is 30.5 Å². The van der Waals surface area contributed by atoms with Gasteiger partial charge in [0.2, 0.25) is 0 Å². The van der Waals surface area contributed by atoms with E-state index in [-0.39, 0.29) is 0 Å². The van der Waals surface area contributed by atoms with Crippen LogP contribution in [0.2, 0.25) is 0 Å². The van der Waals surface area contributed by atoms with Crippen LogP contribution in [0.5, 0.6) is 0 Å². The van der Waals surface area contributed by atoms with Gasteiger partial charge in [0.05, 0.1) is 18.7 Å². The van der Waals surface area contributed by atoms with E-state index in [0.717, 1.165) is 24.3 Å². The van der Waals surface area contributed by atoms with Crippen LogP contribution in [-0.2, 0) is 0 Å². The number of hydrogen-bond acceptors (Lipinski definition) is 4. The molecule has 1 aromatic heterocycles. The monoisotopic (exact) mass is 337 g/mol. The third kappa shape index (κ3) is 5.20. The molecule has 4 nitrogen and oxygen atoms in total. The fraction of sp³-hybridized carbons (Fsp3) is 0.250. The lowest BCUT2D eigenvalue weighted by Gasteiger charge is -2.22. The molecule has 0 saturated heterocycles. The van der Waals surface area contributed by atoms with Crippen LogP contribution in [-0.4, -0.2) is 37.3 Å². The van der Waals surface area contributed by atoms with Gasteiger partial charge in [-0.3, -0.25) is 0 Å². The Labute approximate surface area is 140 Å². The Balaban J connectivity index is 1.96. The van der Waals surface area contributed by atoms with Gasteiger partial charge in [0.25, 0.3) is 0 Å². The summed E-state index contributed by atoms with van der Waals surface area (Å²) in [7, 11) is 0. The molecular formula is C16H17Cl2N3O. The minimum atomic E-state index is 0.571. The highest BCUT2D eigenvalue weighted by molar-refractivity contribution is 6.18. The molecular weight excluding hydrogens is 321 g/mol. The highest BCUT2D eigenvalue weighted by Gasteiger charge is 2.04. The van der Waals surface area contributed by atoms with E-state index in [1.807, 2.05) is 30.3 Å². The molecule has 0 aliphatic rings. The lowest BCUT2D eigenvalue weighted by molar-refractivity contribution is 0.560. The summed E-state index contributed by atoms with van der Waals surface area (Å²) in [6.45, 7) is 1.55. The summed E-state index contributed by atoms with van der Waals surface area (Å²) in [5.74, 6) is 1.81. The summed E-state index contributed by atoms with van der Waals surface area (Å²) in [6, 6.07) is 11.6.